The number of anilines is 1. The molecular weight excluding hydrogens is 306 g/mol. The Balaban J connectivity index is 1.87. The maximum atomic E-state index is 5.71. The average molecular weight is 322 g/mol. The van der Waals surface area contributed by atoms with E-state index in [0.717, 1.165) is 40.6 Å². The lowest BCUT2D eigenvalue weighted by Crippen LogP contribution is -2.30. The number of fused-ring (bicyclic) bond motifs is 1. The summed E-state index contributed by atoms with van der Waals surface area (Å²) in [6.07, 6.45) is 6.17. The molecule has 0 radical (unpaired) electrons. The average Bonchev–Trinajstić information content (AvgIpc) is 2.92. The first kappa shape index (κ1) is 12.8. The Labute approximate surface area is 120 Å². The van der Waals surface area contributed by atoms with E-state index in [2.05, 4.69) is 38.1 Å². The monoisotopic (exact) mass is 321 g/mol. The van der Waals surface area contributed by atoms with E-state index in [1.807, 2.05) is 12.1 Å². The fourth-order valence-electron chi connectivity index (χ4n) is 2.46. The van der Waals surface area contributed by atoms with Gasteiger partial charge >= 0.3 is 0 Å². The lowest BCUT2D eigenvalue weighted by molar-refractivity contribution is 0.0997. The lowest BCUT2D eigenvalue weighted by atomic mass is 10.1. The van der Waals surface area contributed by atoms with Gasteiger partial charge in [-0.3, -0.25) is 9.97 Å². The minimum Gasteiger partial charge on any atom is -0.378 e. The zero-order valence-corrected chi connectivity index (χ0v) is 12.4. The van der Waals surface area contributed by atoms with Crippen LogP contribution >= 0.6 is 15.9 Å². The first-order valence-electron chi connectivity index (χ1n) is 6.52. The summed E-state index contributed by atoms with van der Waals surface area (Å²) in [6, 6.07) is 4.22. The molecule has 2 atom stereocenters. The van der Waals surface area contributed by atoms with Crippen LogP contribution in [0.1, 0.15) is 19.8 Å². The molecule has 1 fully saturated rings. The number of halogens is 1. The fourth-order valence-corrected chi connectivity index (χ4v) is 2.78. The molecule has 2 unspecified atom stereocenters. The summed E-state index contributed by atoms with van der Waals surface area (Å²) < 4.78 is 6.65. The normalized spacial score (nSPS) is 20.6. The van der Waals surface area contributed by atoms with Crippen molar-refractivity contribution in [2.75, 3.05) is 11.9 Å². The summed E-state index contributed by atoms with van der Waals surface area (Å²) in [5.74, 6) is 0. The number of nitrogens with one attached hydrogen (secondary N) is 1. The molecule has 0 aromatic carbocycles. The van der Waals surface area contributed by atoms with Gasteiger partial charge in [-0.2, -0.15) is 0 Å². The molecule has 0 amide bonds. The minimum absolute atomic E-state index is 0.276. The molecule has 1 aliphatic rings. The number of rotatable bonds is 3. The molecule has 1 N–H and O–H groups in total. The van der Waals surface area contributed by atoms with Gasteiger partial charge in [0.05, 0.1) is 17.3 Å². The van der Waals surface area contributed by atoms with Gasteiger partial charge in [-0.25, -0.2) is 0 Å². The van der Waals surface area contributed by atoms with Gasteiger partial charge in [-0.05, 0) is 47.8 Å². The first-order chi connectivity index (χ1) is 9.24. The highest BCUT2D eigenvalue weighted by molar-refractivity contribution is 9.10. The summed E-state index contributed by atoms with van der Waals surface area (Å²) >= 11 is 3.42. The molecule has 0 saturated carbocycles. The quantitative estimate of drug-likeness (QED) is 0.941. The molecule has 3 heterocycles. The van der Waals surface area contributed by atoms with Crippen molar-refractivity contribution in [3.8, 4) is 0 Å². The Bertz CT molecular complexity index is 584. The second-order valence-corrected chi connectivity index (χ2v) is 5.78. The zero-order valence-electron chi connectivity index (χ0n) is 10.8. The molecular formula is C14H16BrN3O. The van der Waals surface area contributed by atoms with Crippen LogP contribution < -0.4 is 5.32 Å². The van der Waals surface area contributed by atoms with Gasteiger partial charge in [0.1, 0.15) is 5.52 Å². The van der Waals surface area contributed by atoms with Crippen LogP contribution in [0.3, 0.4) is 0 Å². The number of pyridine rings is 2. The second kappa shape index (κ2) is 5.43. The van der Waals surface area contributed by atoms with Crippen LogP contribution in [0.5, 0.6) is 0 Å². The highest BCUT2D eigenvalue weighted by Crippen LogP contribution is 2.24. The van der Waals surface area contributed by atoms with Crippen molar-refractivity contribution in [2.45, 2.75) is 31.9 Å². The third-order valence-electron chi connectivity index (χ3n) is 3.45. The van der Waals surface area contributed by atoms with Crippen molar-refractivity contribution in [2.24, 2.45) is 0 Å². The van der Waals surface area contributed by atoms with Crippen molar-refractivity contribution in [3.05, 3.63) is 29.0 Å². The minimum atomic E-state index is 0.276. The summed E-state index contributed by atoms with van der Waals surface area (Å²) in [6.45, 7) is 3.03. The van der Waals surface area contributed by atoms with Gasteiger partial charge in [0, 0.05) is 29.5 Å². The SMILES string of the molecule is CC(Nc1ccnc2cc(Br)cnc12)C1CCCO1. The number of ether oxygens (including phenoxy) is 1. The van der Waals surface area contributed by atoms with Crippen LogP contribution in [0, 0.1) is 0 Å². The van der Waals surface area contributed by atoms with E-state index in [0.29, 0.717) is 6.10 Å². The molecule has 3 rings (SSSR count). The van der Waals surface area contributed by atoms with Crippen molar-refractivity contribution >= 4 is 32.7 Å². The molecule has 1 aliphatic heterocycles. The van der Waals surface area contributed by atoms with Crippen LogP contribution in [0.4, 0.5) is 5.69 Å². The smallest absolute Gasteiger partial charge is 0.112 e. The maximum Gasteiger partial charge on any atom is 0.112 e. The predicted molar refractivity (Wildman–Crippen MR) is 79.3 cm³/mol. The van der Waals surface area contributed by atoms with Crippen molar-refractivity contribution in [1.82, 2.24) is 9.97 Å². The lowest BCUT2D eigenvalue weighted by Gasteiger charge is -2.21. The Hall–Kier alpha value is -1.20. The number of aromatic nitrogens is 2. The predicted octanol–water partition coefficient (Wildman–Crippen LogP) is 3.37. The molecule has 0 spiro atoms. The van der Waals surface area contributed by atoms with E-state index >= 15 is 0 Å². The highest BCUT2D eigenvalue weighted by atomic mass is 79.9. The zero-order chi connectivity index (χ0) is 13.2. The maximum absolute atomic E-state index is 5.71. The standard InChI is InChI=1S/C14H16BrN3O/c1-9(13-3-2-6-19-13)18-11-4-5-16-12-7-10(15)8-17-14(11)12/h4-5,7-9,13H,2-3,6H2,1H3,(H,16,18). The first-order valence-corrected chi connectivity index (χ1v) is 7.32. The van der Waals surface area contributed by atoms with Crippen LogP contribution in [0.2, 0.25) is 0 Å². The van der Waals surface area contributed by atoms with Crippen LogP contribution in [-0.2, 0) is 4.74 Å². The highest BCUT2D eigenvalue weighted by Gasteiger charge is 2.22. The van der Waals surface area contributed by atoms with E-state index in [-0.39, 0.29) is 6.04 Å². The summed E-state index contributed by atoms with van der Waals surface area (Å²) in [4.78, 5) is 8.79. The van der Waals surface area contributed by atoms with Gasteiger partial charge in [0.2, 0.25) is 0 Å². The third-order valence-corrected chi connectivity index (χ3v) is 3.88. The second-order valence-electron chi connectivity index (χ2n) is 4.86. The van der Waals surface area contributed by atoms with E-state index in [9.17, 15) is 0 Å². The molecule has 4 nitrogen and oxygen atoms in total. The molecule has 0 aliphatic carbocycles. The third kappa shape index (κ3) is 2.72. The Morgan fingerprint density at radius 2 is 2.37 bits per heavy atom. The van der Waals surface area contributed by atoms with Crippen LogP contribution in [0.25, 0.3) is 11.0 Å². The topological polar surface area (TPSA) is 47.0 Å². The van der Waals surface area contributed by atoms with E-state index in [4.69, 9.17) is 4.74 Å². The molecule has 2 aromatic rings. The molecule has 2 aromatic heterocycles. The van der Waals surface area contributed by atoms with E-state index < -0.39 is 0 Å². The molecule has 5 heteroatoms. The Kier molecular flexibility index (Phi) is 3.66. The largest absolute Gasteiger partial charge is 0.378 e. The van der Waals surface area contributed by atoms with Crippen LogP contribution in [0.15, 0.2) is 29.0 Å². The summed E-state index contributed by atoms with van der Waals surface area (Å²) in [5.41, 5.74) is 2.80. The summed E-state index contributed by atoms with van der Waals surface area (Å²) in [7, 11) is 0. The van der Waals surface area contributed by atoms with E-state index in [1.165, 1.54) is 0 Å². The molecule has 0 bridgehead atoms. The number of nitrogens with zero attached hydrogens (tertiary/aromatic N) is 2. The van der Waals surface area contributed by atoms with Gasteiger partial charge in [-0.15, -0.1) is 0 Å². The van der Waals surface area contributed by atoms with E-state index in [1.54, 1.807) is 12.4 Å². The van der Waals surface area contributed by atoms with Gasteiger partial charge in [-0.1, -0.05) is 0 Å². The molecule has 100 valence electrons. The van der Waals surface area contributed by atoms with Crippen molar-refractivity contribution < 1.29 is 4.74 Å². The molecule has 19 heavy (non-hydrogen) atoms. The number of hydrogen-bond acceptors (Lipinski definition) is 4. The van der Waals surface area contributed by atoms with Crippen molar-refractivity contribution in [1.29, 1.82) is 0 Å². The van der Waals surface area contributed by atoms with Gasteiger partial charge in [0.15, 0.2) is 0 Å². The molecule has 1 saturated heterocycles. The van der Waals surface area contributed by atoms with Gasteiger partial charge < -0.3 is 10.1 Å². The van der Waals surface area contributed by atoms with Gasteiger partial charge in [0.25, 0.3) is 0 Å². The van der Waals surface area contributed by atoms with Crippen molar-refractivity contribution in [3.63, 3.8) is 0 Å². The Morgan fingerprint density at radius 1 is 1.47 bits per heavy atom. The summed E-state index contributed by atoms with van der Waals surface area (Å²) in [5, 5.41) is 3.50. The fraction of sp³-hybridized carbons (Fsp3) is 0.429. The van der Waals surface area contributed by atoms with Crippen LogP contribution in [-0.4, -0.2) is 28.7 Å². The number of hydrogen-bond donors (Lipinski definition) is 1. The Morgan fingerprint density at radius 3 is 3.16 bits per heavy atom.